The summed E-state index contributed by atoms with van der Waals surface area (Å²) in [4.78, 5) is 47.6. The van der Waals surface area contributed by atoms with Gasteiger partial charge < -0.3 is 25.6 Å². The summed E-state index contributed by atoms with van der Waals surface area (Å²) in [5.41, 5.74) is 0. The number of carbonyl (C=O) groups is 4. The molecule has 2 unspecified atom stereocenters. The van der Waals surface area contributed by atoms with Crippen LogP contribution in [0, 0.1) is 0 Å². The zero-order valence-electron chi connectivity index (χ0n) is 39.2. The van der Waals surface area contributed by atoms with E-state index in [1.807, 2.05) is 0 Å². The SMILES string of the molecule is CCCCCCCCC/C=C\C(CCCCCCCCC(=O)NCC(=O)NC(CO)C(=O)O)OC(=O)CCCCCCCCCCCCCCCCCCCCCCCC. The molecule has 2 atom stereocenters. The summed E-state index contributed by atoms with van der Waals surface area (Å²) < 4.78 is 5.98. The van der Waals surface area contributed by atoms with E-state index < -0.39 is 24.5 Å². The summed E-state index contributed by atoms with van der Waals surface area (Å²) in [5.74, 6) is -2.30. The molecule has 0 heterocycles. The monoisotopic (exact) mass is 849 g/mol. The first-order valence-electron chi connectivity index (χ1n) is 25.6. The van der Waals surface area contributed by atoms with Crippen molar-refractivity contribution in [2.45, 2.75) is 276 Å². The fourth-order valence-corrected chi connectivity index (χ4v) is 7.80. The van der Waals surface area contributed by atoms with Crippen LogP contribution in [0.25, 0.3) is 0 Å². The number of carbonyl (C=O) groups excluding carboxylic acids is 3. The van der Waals surface area contributed by atoms with E-state index in [1.54, 1.807) is 0 Å². The summed E-state index contributed by atoms with van der Waals surface area (Å²) in [7, 11) is 0. The maximum absolute atomic E-state index is 12.8. The first-order valence-corrected chi connectivity index (χ1v) is 25.6. The number of aliphatic hydroxyl groups excluding tert-OH is 1. The highest BCUT2D eigenvalue weighted by Crippen LogP contribution is 2.18. The van der Waals surface area contributed by atoms with Gasteiger partial charge in [0.05, 0.1) is 13.2 Å². The molecule has 2 amide bonds. The molecule has 0 aliphatic heterocycles. The second-order valence-corrected chi connectivity index (χ2v) is 17.6. The molecule has 0 spiro atoms. The third-order valence-electron chi connectivity index (χ3n) is 11.7. The van der Waals surface area contributed by atoms with Gasteiger partial charge >= 0.3 is 11.9 Å². The van der Waals surface area contributed by atoms with Gasteiger partial charge in [-0.1, -0.05) is 219 Å². The summed E-state index contributed by atoms with van der Waals surface area (Å²) in [6.45, 7) is 3.51. The van der Waals surface area contributed by atoms with E-state index in [4.69, 9.17) is 14.9 Å². The molecule has 0 rings (SSSR count). The van der Waals surface area contributed by atoms with Crippen LogP contribution in [0.2, 0.25) is 0 Å². The first-order chi connectivity index (χ1) is 29.3. The Bertz CT molecular complexity index is 1020. The fourth-order valence-electron chi connectivity index (χ4n) is 7.80. The molecular formula is C51H96N2O7. The highest BCUT2D eigenvalue weighted by molar-refractivity contribution is 5.87. The number of carboxylic acid groups (broad SMARTS) is 1. The van der Waals surface area contributed by atoms with Gasteiger partial charge in [-0.25, -0.2) is 4.79 Å². The van der Waals surface area contributed by atoms with E-state index >= 15 is 0 Å². The summed E-state index contributed by atoms with van der Waals surface area (Å²) in [6, 6.07) is -1.38. The molecule has 9 nitrogen and oxygen atoms in total. The maximum Gasteiger partial charge on any atom is 0.328 e. The smallest absolute Gasteiger partial charge is 0.328 e. The van der Waals surface area contributed by atoms with Crippen molar-refractivity contribution < 1.29 is 34.1 Å². The van der Waals surface area contributed by atoms with Crippen molar-refractivity contribution in [1.29, 1.82) is 0 Å². The zero-order chi connectivity index (χ0) is 44.0. The Morgan fingerprint density at radius 3 is 1.30 bits per heavy atom. The minimum atomic E-state index is -1.38. The van der Waals surface area contributed by atoms with Crippen molar-refractivity contribution >= 4 is 23.8 Å². The Morgan fingerprint density at radius 1 is 0.500 bits per heavy atom. The zero-order valence-corrected chi connectivity index (χ0v) is 39.2. The highest BCUT2D eigenvalue weighted by Gasteiger charge is 2.18. The van der Waals surface area contributed by atoms with Gasteiger partial charge in [-0.2, -0.15) is 0 Å². The number of aliphatic hydroxyl groups is 1. The van der Waals surface area contributed by atoms with E-state index in [2.05, 4.69) is 36.6 Å². The van der Waals surface area contributed by atoms with Crippen molar-refractivity contribution in [2.24, 2.45) is 0 Å². The van der Waals surface area contributed by atoms with Gasteiger partial charge in [-0.3, -0.25) is 14.4 Å². The molecular weight excluding hydrogens is 753 g/mol. The predicted molar refractivity (Wildman–Crippen MR) is 250 cm³/mol. The Balaban J connectivity index is 4.09. The molecule has 0 aromatic heterocycles. The number of amides is 2. The van der Waals surface area contributed by atoms with Gasteiger partial charge in [0.2, 0.25) is 11.8 Å². The number of hydrogen-bond donors (Lipinski definition) is 4. The molecule has 352 valence electrons. The van der Waals surface area contributed by atoms with Crippen molar-refractivity contribution in [3.8, 4) is 0 Å². The van der Waals surface area contributed by atoms with Crippen LogP contribution in [0.1, 0.15) is 264 Å². The van der Waals surface area contributed by atoms with Gasteiger partial charge in [0.15, 0.2) is 0 Å². The Kier molecular flexibility index (Phi) is 44.2. The van der Waals surface area contributed by atoms with E-state index in [0.29, 0.717) is 19.3 Å². The lowest BCUT2D eigenvalue weighted by Crippen LogP contribution is -2.47. The topological polar surface area (TPSA) is 142 Å². The predicted octanol–water partition coefficient (Wildman–Crippen LogP) is 13.4. The van der Waals surface area contributed by atoms with Crippen LogP contribution >= 0.6 is 0 Å². The van der Waals surface area contributed by atoms with Gasteiger partial charge in [-0.05, 0) is 44.6 Å². The standard InChI is InChI=1S/C51H96N2O7/c1-3-5-7-9-11-13-14-15-16-17-18-19-20-21-22-23-24-25-27-29-35-39-43-50(57)60-46(40-36-32-28-26-12-10-8-6-4-2)41-37-33-30-31-34-38-42-48(55)52-44-49(56)53-47(45-54)51(58)59/h36,40,46-47,54H,3-35,37-39,41-45H2,1-2H3,(H,52,55)(H,53,56)(H,58,59)/b40-36-. The molecule has 0 saturated carbocycles. The van der Waals surface area contributed by atoms with Crippen molar-refractivity contribution in [3.63, 3.8) is 0 Å². The lowest BCUT2D eigenvalue weighted by atomic mass is 10.0. The van der Waals surface area contributed by atoms with E-state index in [1.165, 1.54) is 173 Å². The van der Waals surface area contributed by atoms with Gasteiger partial charge in [-0.15, -0.1) is 0 Å². The second-order valence-electron chi connectivity index (χ2n) is 17.6. The summed E-state index contributed by atoms with van der Waals surface area (Å²) >= 11 is 0. The molecule has 0 aliphatic carbocycles. The number of allylic oxidation sites excluding steroid dienone is 1. The maximum atomic E-state index is 12.8. The fraction of sp³-hybridized carbons (Fsp3) is 0.882. The quantitative estimate of drug-likeness (QED) is 0.0271. The van der Waals surface area contributed by atoms with E-state index in [0.717, 1.165) is 57.8 Å². The van der Waals surface area contributed by atoms with Crippen LogP contribution < -0.4 is 10.6 Å². The first kappa shape index (κ1) is 57.6. The molecule has 9 heteroatoms. The van der Waals surface area contributed by atoms with Gasteiger partial charge in [0.1, 0.15) is 12.1 Å². The number of aliphatic carboxylic acids is 1. The van der Waals surface area contributed by atoms with Crippen LogP contribution in [-0.2, 0) is 23.9 Å². The average Bonchev–Trinajstić information content (AvgIpc) is 3.23. The Hall–Kier alpha value is -2.42. The number of hydrogen-bond acceptors (Lipinski definition) is 6. The number of rotatable bonds is 47. The number of carboxylic acids is 1. The minimum absolute atomic E-state index is 0.0698. The van der Waals surface area contributed by atoms with Crippen LogP contribution in [0.15, 0.2) is 12.2 Å². The number of nitrogens with one attached hydrogen (secondary N) is 2. The second kappa shape index (κ2) is 46.1. The van der Waals surface area contributed by atoms with E-state index in [9.17, 15) is 19.2 Å². The minimum Gasteiger partial charge on any atom is -0.480 e. The van der Waals surface area contributed by atoms with Crippen LogP contribution in [-0.4, -0.2) is 59.3 Å². The van der Waals surface area contributed by atoms with Gasteiger partial charge in [0.25, 0.3) is 0 Å². The number of esters is 1. The molecule has 4 N–H and O–H groups in total. The summed E-state index contributed by atoms with van der Waals surface area (Å²) in [5, 5.41) is 22.6. The number of ether oxygens (including phenoxy) is 1. The third kappa shape index (κ3) is 42.3. The van der Waals surface area contributed by atoms with Crippen molar-refractivity contribution in [2.75, 3.05) is 13.2 Å². The van der Waals surface area contributed by atoms with Crippen LogP contribution in [0.4, 0.5) is 0 Å². The van der Waals surface area contributed by atoms with Crippen LogP contribution in [0.3, 0.4) is 0 Å². The summed E-state index contributed by atoms with van der Waals surface area (Å²) in [6.07, 6.45) is 51.4. The highest BCUT2D eigenvalue weighted by atomic mass is 16.5. The van der Waals surface area contributed by atoms with Crippen molar-refractivity contribution in [3.05, 3.63) is 12.2 Å². The number of unbranched alkanes of at least 4 members (excludes halogenated alkanes) is 33. The molecule has 0 aromatic rings. The molecule has 0 aliphatic rings. The van der Waals surface area contributed by atoms with Crippen molar-refractivity contribution in [1.82, 2.24) is 10.6 Å². The molecule has 60 heavy (non-hydrogen) atoms. The average molecular weight is 849 g/mol. The normalized spacial score (nSPS) is 12.4. The lowest BCUT2D eigenvalue weighted by molar-refractivity contribution is -0.147. The van der Waals surface area contributed by atoms with Gasteiger partial charge in [0, 0.05) is 12.8 Å². The Morgan fingerprint density at radius 2 is 0.883 bits per heavy atom. The Labute approximate surface area is 369 Å². The molecule has 0 fully saturated rings. The third-order valence-corrected chi connectivity index (χ3v) is 11.7. The van der Waals surface area contributed by atoms with E-state index in [-0.39, 0.29) is 24.5 Å². The molecule has 0 aromatic carbocycles. The van der Waals surface area contributed by atoms with Crippen LogP contribution in [0.5, 0.6) is 0 Å². The molecule has 0 radical (unpaired) electrons. The molecule has 0 saturated heterocycles. The lowest BCUT2D eigenvalue weighted by Gasteiger charge is -2.15. The molecule has 0 bridgehead atoms. The largest absolute Gasteiger partial charge is 0.480 e.